The Kier molecular flexibility index (Phi) is 3.01. The van der Waals surface area contributed by atoms with Crippen LogP contribution in [0.25, 0.3) is 0 Å². The van der Waals surface area contributed by atoms with Gasteiger partial charge in [0, 0.05) is 0 Å². The van der Waals surface area contributed by atoms with Crippen LogP contribution in [0, 0.1) is 0 Å². The Bertz CT molecular complexity index is 787. The highest BCUT2D eigenvalue weighted by Crippen LogP contribution is 2.43. The van der Waals surface area contributed by atoms with E-state index in [2.05, 4.69) is 5.32 Å². The first-order valence-electron chi connectivity index (χ1n) is 7.92. The molecule has 116 valence electrons. The Hall–Kier alpha value is -2.62. The minimum atomic E-state index is -0.878. The molecule has 1 saturated heterocycles. The number of benzene rings is 2. The van der Waals surface area contributed by atoms with Crippen molar-refractivity contribution >= 4 is 11.9 Å². The lowest BCUT2D eigenvalue weighted by atomic mass is 9.91. The third kappa shape index (κ3) is 1.91. The quantitative estimate of drug-likeness (QED) is 0.867. The number of nitrogens with one attached hydrogen (secondary N) is 1. The molecule has 1 N–H and O–H groups in total. The standard InChI is InChI=1S/C19H18N2O2/c1-13(14-7-3-2-4-8-14)21-17(22)19(20-18(21)23)12-11-15-9-5-6-10-16(15)19/h2-10,13H,11-12H2,1H3,(H,20,23)/t13-,19?/m1/s1. The number of imide groups is 1. The second-order valence-corrected chi connectivity index (χ2v) is 6.25. The molecule has 2 atom stereocenters. The molecule has 4 rings (SSSR count). The lowest BCUT2D eigenvalue weighted by Gasteiger charge is -2.25. The average Bonchev–Trinajstić information content (AvgIpc) is 3.07. The van der Waals surface area contributed by atoms with Gasteiger partial charge in [0.05, 0.1) is 6.04 Å². The molecule has 2 aromatic carbocycles. The molecule has 23 heavy (non-hydrogen) atoms. The summed E-state index contributed by atoms with van der Waals surface area (Å²) in [5, 5.41) is 2.97. The van der Waals surface area contributed by atoms with Crippen molar-refractivity contribution in [1.82, 2.24) is 10.2 Å². The average molecular weight is 306 g/mol. The van der Waals surface area contributed by atoms with Crippen molar-refractivity contribution in [1.29, 1.82) is 0 Å². The molecule has 1 heterocycles. The topological polar surface area (TPSA) is 49.4 Å². The van der Waals surface area contributed by atoms with Gasteiger partial charge in [0.15, 0.2) is 0 Å². The normalized spacial score (nSPS) is 24.0. The number of amides is 3. The van der Waals surface area contributed by atoms with Crippen LogP contribution in [0.5, 0.6) is 0 Å². The van der Waals surface area contributed by atoms with Gasteiger partial charge in [-0.3, -0.25) is 9.69 Å². The summed E-state index contributed by atoms with van der Waals surface area (Å²) >= 11 is 0. The van der Waals surface area contributed by atoms with E-state index in [4.69, 9.17) is 0 Å². The first-order chi connectivity index (χ1) is 11.1. The van der Waals surface area contributed by atoms with E-state index in [1.807, 2.05) is 61.5 Å². The van der Waals surface area contributed by atoms with Crippen LogP contribution in [0.1, 0.15) is 36.1 Å². The van der Waals surface area contributed by atoms with Gasteiger partial charge in [-0.05, 0) is 36.5 Å². The molecule has 3 amide bonds. The fraction of sp³-hybridized carbons (Fsp3) is 0.263. The van der Waals surface area contributed by atoms with Crippen LogP contribution in [0.3, 0.4) is 0 Å². The molecule has 2 aliphatic rings. The summed E-state index contributed by atoms with van der Waals surface area (Å²) in [6.45, 7) is 1.90. The SMILES string of the molecule is C[C@H](c1ccccc1)N1C(=O)NC2(CCc3ccccc32)C1=O. The molecule has 1 spiro atoms. The number of aryl methyl sites for hydroxylation is 1. The number of rotatable bonds is 2. The van der Waals surface area contributed by atoms with Crippen molar-refractivity contribution in [2.45, 2.75) is 31.3 Å². The summed E-state index contributed by atoms with van der Waals surface area (Å²) in [6.07, 6.45) is 1.45. The third-order valence-corrected chi connectivity index (χ3v) is 5.04. The highest BCUT2D eigenvalue weighted by atomic mass is 16.2. The summed E-state index contributed by atoms with van der Waals surface area (Å²) in [7, 11) is 0. The monoisotopic (exact) mass is 306 g/mol. The van der Waals surface area contributed by atoms with Gasteiger partial charge in [0.1, 0.15) is 5.54 Å². The lowest BCUT2D eigenvalue weighted by Crippen LogP contribution is -2.42. The molecule has 0 aromatic heterocycles. The zero-order chi connectivity index (χ0) is 16.0. The molecule has 1 fully saturated rings. The number of fused-ring (bicyclic) bond motifs is 2. The number of hydrogen-bond donors (Lipinski definition) is 1. The Labute approximate surface area is 135 Å². The van der Waals surface area contributed by atoms with E-state index >= 15 is 0 Å². The van der Waals surface area contributed by atoms with E-state index in [1.165, 1.54) is 4.90 Å². The van der Waals surface area contributed by atoms with Crippen LogP contribution in [0.2, 0.25) is 0 Å². The van der Waals surface area contributed by atoms with Gasteiger partial charge < -0.3 is 5.32 Å². The number of carbonyl (C=O) groups excluding carboxylic acids is 2. The maximum Gasteiger partial charge on any atom is 0.325 e. The molecule has 2 aromatic rings. The fourth-order valence-corrected chi connectivity index (χ4v) is 3.79. The van der Waals surface area contributed by atoms with Gasteiger partial charge in [0.25, 0.3) is 5.91 Å². The number of urea groups is 1. The van der Waals surface area contributed by atoms with Crippen molar-refractivity contribution in [2.24, 2.45) is 0 Å². The molecule has 0 radical (unpaired) electrons. The minimum absolute atomic E-state index is 0.135. The van der Waals surface area contributed by atoms with Crippen molar-refractivity contribution in [2.75, 3.05) is 0 Å². The van der Waals surface area contributed by atoms with Crippen LogP contribution in [-0.2, 0) is 16.8 Å². The van der Waals surface area contributed by atoms with Crippen LogP contribution >= 0.6 is 0 Å². The molecule has 0 bridgehead atoms. The third-order valence-electron chi connectivity index (χ3n) is 5.04. The van der Waals surface area contributed by atoms with E-state index in [1.54, 1.807) is 0 Å². The highest BCUT2D eigenvalue weighted by Gasteiger charge is 2.56. The molecule has 4 nitrogen and oxygen atoms in total. The summed E-state index contributed by atoms with van der Waals surface area (Å²) < 4.78 is 0. The van der Waals surface area contributed by atoms with Crippen molar-refractivity contribution < 1.29 is 9.59 Å². The first kappa shape index (κ1) is 14.0. The van der Waals surface area contributed by atoms with Gasteiger partial charge in [-0.1, -0.05) is 54.6 Å². The van der Waals surface area contributed by atoms with Gasteiger partial charge in [0.2, 0.25) is 0 Å². The van der Waals surface area contributed by atoms with E-state index in [-0.39, 0.29) is 18.0 Å². The molecule has 1 unspecified atom stereocenters. The Morgan fingerprint density at radius 1 is 1.04 bits per heavy atom. The highest BCUT2D eigenvalue weighted by molar-refractivity contribution is 6.08. The van der Waals surface area contributed by atoms with Crippen LogP contribution in [0.15, 0.2) is 54.6 Å². The van der Waals surface area contributed by atoms with E-state index < -0.39 is 5.54 Å². The van der Waals surface area contributed by atoms with Gasteiger partial charge >= 0.3 is 6.03 Å². The van der Waals surface area contributed by atoms with Gasteiger partial charge in [-0.25, -0.2) is 4.79 Å². The van der Waals surface area contributed by atoms with Crippen molar-refractivity contribution in [3.05, 3.63) is 71.3 Å². The molecule has 4 heteroatoms. The largest absolute Gasteiger partial charge is 0.325 e. The molecular weight excluding hydrogens is 288 g/mol. The maximum atomic E-state index is 13.2. The summed E-state index contributed by atoms with van der Waals surface area (Å²) in [5.41, 5.74) is 2.17. The van der Waals surface area contributed by atoms with Crippen molar-refractivity contribution in [3.8, 4) is 0 Å². The van der Waals surface area contributed by atoms with Crippen LogP contribution < -0.4 is 5.32 Å². The maximum absolute atomic E-state index is 13.2. The summed E-state index contributed by atoms with van der Waals surface area (Å²) in [4.78, 5) is 27.1. The van der Waals surface area contributed by atoms with E-state index in [0.717, 1.165) is 23.1 Å². The number of carbonyl (C=O) groups is 2. The zero-order valence-corrected chi connectivity index (χ0v) is 13.0. The second kappa shape index (κ2) is 4.95. The number of nitrogens with zero attached hydrogens (tertiary/aromatic N) is 1. The lowest BCUT2D eigenvalue weighted by molar-refractivity contribution is -0.133. The predicted molar refractivity (Wildman–Crippen MR) is 86.7 cm³/mol. The Morgan fingerprint density at radius 2 is 1.74 bits per heavy atom. The molecule has 0 saturated carbocycles. The van der Waals surface area contributed by atoms with E-state index in [0.29, 0.717) is 6.42 Å². The van der Waals surface area contributed by atoms with Gasteiger partial charge in [-0.15, -0.1) is 0 Å². The number of hydrogen-bond acceptors (Lipinski definition) is 2. The smallest absolute Gasteiger partial charge is 0.319 e. The minimum Gasteiger partial charge on any atom is -0.319 e. The Balaban J connectivity index is 1.74. The summed E-state index contributed by atoms with van der Waals surface area (Å²) in [6, 6.07) is 17.0. The van der Waals surface area contributed by atoms with Crippen LogP contribution in [0.4, 0.5) is 4.79 Å². The van der Waals surface area contributed by atoms with Gasteiger partial charge in [-0.2, -0.15) is 0 Å². The van der Waals surface area contributed by atoms with Crippen LogP contribution in [-0.4, -0.2) is 16.8 Å². The first-order valence-corrected chi connectivity index (χ1v) is 7.92. The predicted octanol–water partition coefficient (Wildman–Crippen LogP) is 3.14. The molecule has 1 aliphatic heterocycles. The molecular formula is C19H18N2O2. The molecule has 1 aliphatic carbocycles. The second-order valence-electron chi connectivity index (χ2n) is 6.25. The van der Waals surface area contributed by atoms with E-state index in [9.17, 15) is 9.59 Å². The fourth-order valence-electron chi connectivity index (χ4n) is 3.79. The zero-order valence-electron chi connectivity index (χ0n) is 13.0. The summed E-state index contributed by atoms with van der Waals surface area (Å²) in [5.74, 6) is -0.135. The van der Waals surface area contributed by atoms with Crippen molar-refractivity contribution in [3.63, 3.8) is 0 Å². The Morgan fingerprint density at radius 3 is 2.52 bits per heavy atom.